The predicted octanol–water partition coefficient (Wildman–Crippen LogP) is 2.67. The van der Waals surface area contributed by atoms with Gasteiger partial charge in [0.15, 0.2) is 0 Å². The number of benzene rings is 2. The highest BCUT2D eigenvalue weighted by Crippen LogP contribution is 2.25. The molecule has 0 radical (unpaired) electrons. The number of anilines is 1. The average Bonchev–Trinajstić information content (AvgIpc) is 2.61. The first-order valence-corrected chi connectivity index (χ1v) is 7.89. The molecule has 2 N–H and O–H groups in total. The Labute approximate surface area is 146 Å². The van der Waals surface area contributed by atoms with E-state index < -0.39 is 4.92 Å². The highest BCUT2D eigenvalue weighted by molar-refractivity contribution is 5.95. The fraction of sp³-hybridized carbons (Fsp3) is 0.278. The lowest BCUT2D eigenvalue weighted by Gasteiger charge is -2.25. The maximum atomic E-state index is 12.4. The lowest BCUT2D eigenvalue weighted by molar-refractivity contribution is -0.384. The van der Waals surface area contributed by atoms with E-state index in [1.165, 1.54) is 12.1 Å². The molecule has 132 valence electrons. The molecule has 0 saturated carbocycles. The number of nitro benzene ring substituents is 1. The molecule has 0 bridgehead atoms. The Balaban J connectivity index is 2.13. The molecule has 0 heterocycles. The van der Waals surface area contributed by atoms with Gasteiger partial charge < -0.3 is 15.5 Å². The van der Waals surface area contributed by atoms with Crippen LogP contribution >= 0.6 is 0 Å². The van der Waals surface area contributed by atoms with Crippen molar-refractivity contribution < 1.29 is 9.72 Å². The summed E-state index contributed by atoms with van der Waals surface area (Å²) in [7, 11) is 5.48. The lowest BCUT2D eigenvalue weighted by atomic mass is 10.1. The smallest absolute Gasteiger partial charge is 0.293 e. The highest BCUT2D eigenvalue weighted by Gasteiger charge is 2.19. The van der Waals surface area contributed by atoms with Crippen LogP contribution in [-0.2, 0) is 0 Å². The van der Waals surface area contributed by atoms with Crippen LogP contribution < -0.4 is 10.6 Å². The summed E-state index contributed by atoms with van der Waals surface area (Å²) in [6.45, 7) is 0.400. The molecule has 0 aromatic heterocycles. The van der Waals surface area contributed by atoms with Gasteiger partial charge in [-0.05, 0) is 31.8 Å². The minimum atomic E-state index is -0.505. The zero-order valence-electron chi connectivity index (χ0n) is 14.5. The second-order valence-electron chi connectivity index (χ2n) is 5.84. The first-order chi connectivity index (χ1) is 11.9. The minimum Gasteiger partial charge on any atom is -0.383 e. The Morgan fingerprint density at radius 2 is 1.88 bits per heavy atom. The van der Waals surface area contributed by atoms with Gasteiger partial charge in [0.05, 0.1) is 11.0 Å². The minimum absolute atomic E-state index is 0.0108. The number of nitrogens with one attached hydrogen (secondary N) is 2. The molecule has 2 aromatic rings. The van der Waals surface area contributed by atoms with Crippen molar-refractivity contribution in [3.63, 3.8) is 0 Å². The van der Waals surface area contributed by atoms with Gasteiger partial charge >= 0.3 is 0 Å². The summed E-state index contributed by atoms with van der Waals surface area (Å²) < 4.78 is 0. The number of rotatable bonds is 7. The molecule has 0 fully saturated rings. The fourth-order valence-corrected chi connectivity index (χ4v) is 2.60. The summed E-state index contributed by atoms with van der Waals surface area (Å²) in [5.41, 5.74) is 1.60. The van der Waals surface area contributed by atoms with E-state index in [4.69, 9.17) is 0 Å². The van der Waals surface area contributed by atoms with E-state index >= 15 is 0 Å². The van der Waals surface area contributed by atoms with Gasteiger partial charge in [-0.3, -0.25) is 14.9 Å². The van der Waals surface area contributed by atoms with Gasteiger partial charge in [-0.1, -0.05) is 30.3 Å². The van der Waals surface area contributed by atoms with Crippen LogP contribution in [-0.4, -0.2) is 43.4 Å². The second kappa shape index (κ2) is 8.25. The van der Waals surface area contributed by atoms with E-state index in [1.807, 2.05) is 49.3 Å². The highest BCUT2D eigenvalue weighted by atomic mass is 16.6. The summed E-state index contributed by atoms with van der Waals surface area (Å²) in [6.07, 6.45) is 0. The summed E-state index contributed by atoms with van der Waals surface area (Å²) in [5, 5.41) is 16.7. The van der Waals surface area contributed by atoms with E-state index in [-0.39, 0.29) is 23.2 Å². The largest absolute Gasteiger partial charge is 0.383 e. The number of amides is 1. The third-order valence-electron chi connectivity index (χ3n) is 3.99. The molecule has 25 heavy (non-hydrogen) atoms. The lowest BCUT2D eigenvalue weighted by Crippen LogP contribution is -2.34. The summed E-state index contributed by atoms with van der Waals surface area (Å²) in [6, 6.07) is 14.3. The molecule has 0 aliphatic heterocycles. The van der Waals surface area contributed by atoms with Crippen LogP contribution in [0, 0.1) is 10.1 Å². The molecular weight excluding hydrogens is 320 g/mol. The van der Waals surface area contributed by atoms with Gasteiger partial charge in [-0.25, -0.2) is 0 Å². The molecule has 7 nitrogen and oxygen atoms in total. The van der Waals surface area contributed by atoms with Crippen LogP contribution in [0.5, 0.6) is 0 Å². The number of likely N-dealkylation sites (N-methyl/N-ethyl adjacent to an activating group) is 1. The van der Waals surface area contributed by atoms with Crippen LogP contribution in [0.2, 0.25) is 0 Å². The SMILES string of the molecule is CNc1ccc(C(=O)NCC(c2ccccc2)N(C)C)cc1[N+](=O)[O-]. The van der Waals surface area contributed by atoms with Crippen LogP contribution in [0.15, 0.2) is 48.5 Å². The predicted molar refractivity (Wildman–Crippen MR) is 97.8 cm³/mol. The van der Waals surface area contributed by atoms with Crippen molar-refractivity contribution in [1.29, 1.82) is 0 Å². The van der Waals surface area contributed by atoms with Crippen molar-refractivity contribution in [2.45, 2.75) is 6.04 Å². The van der Waals surface area contributed by atoms with Crippen LogP contribution in [0.3, 0.4) is 0 Å². The summed E-state index contributed by atoms with van der Waals surface area (Å²) >= 11 is 0. The van der Waals surface area contributed by atoms with Gasteiger partial charge in [0, 0.05) is 25.2 Å². The normalized spacial score (nSPS) is 11.8. The second-order valence-corrected chi connectivity index (χ2v) is 5.84. The van der Waals surface area contributed by atoms with Crippen LogP contribution in [0.1, 0.15) is 22.0 Å². The average molecular weight is 342 g/mol. The third-order valence-corrected chi connectivity index (χ3v) is 3.99. The molecule has 7 heteroatoms. The van der Waals surface area contributed by atoms with E-state index in [0.717, 1.165) is 5.56 Å². The number of hydrogen-bond donors (Lipinski definition) is 2. The number of carbonyl (C=O) groups is 1. The van der Waals surface area contributed by atoms with E-state index in [9.17, 15) is 14.9 Å². The van der Waals surface area contributed by atoms with Gasteiger partial charge in [-0.15, -0.1) is 0 Å². The van der Waals surface area contributed by atoms with Gasteiger partial charge in [-0.2, -0.15) is 0 Å². The quantitative estimate of drug-likeness (QED) is 0.597. The standard InChI is InChI=1S/C18H22N4O3/c1-19-15-10-9-14(11-16(15)22(24)25)18(23)20-12-17(21(2)3)13-7-5-4-6-8-13/h4-11,17,19H,12H2,1-3H3,(H,20,23). The molecule has 0 aliphatic carbocycles. The van der Waals surface area contributed by atoms with E-state index in [2.05, 4.69) is 10.6 Å². The topological polar surface area (TPSA) is 87.5 Å². The molecule has 0 saturated heterocycles. The van der Waals surface area contributed by atoms with Crippen molar-refractivity contribution in [3.8, 4) is 0 Å². The molecule has 2 rings (SSSR count). The van der Waals surface area contributed by atoms with E-state index in [1.54, 1.807) is 13.1 Å². The van der Waals surface area contributed by atoms with Gasteiger partial charge in [0.1, 0.15) is 5.69 Å². The monoisotopic (exact) mass is 342 g/mol. The summed E-state index contributed by atoms with van der Waals surface area (Å²) in [5.74, 6) is -0.339. The van der Waals surface area contributed by atoms with Crippen molar-refractivity contribution in [3.05, 3.63) is 69.8 Å². The third kappa shape index (κ3) is 4.54. The summed E-state index contributed by atoms with van der Waals surface area (Å²) in [4.78, 5) is 25.0. The van der Waals surface area contributed by atoms with Gasteiger partial charge in [0.25, 0.3) is 11.6 Å². The number of hydrogen-bond acceptors (Lipinski definition) is 5. The molecule has 0 aliphatic rings. The Hall–Kier alpha value is -2.93. The number of carbonyl (C=O) groups excluding carboxylic acids is 1. The van der Waals surface area contributed by atoms with Crippen LogP contribution in [0.25, 0.3) is 0 Å². The molecule has 0 spiro atoms. The molecular formula is C18H22N4O3. The fourth-order valence-electron chi connectivity index (χ4n) is 2.60. The molecule has 2 aromatic carbocycles. The Morgan fingerprint density at radius 3 is 2.44 bits per heavy atom. The van der Waals surface area contributed by atoms with Crippen molar-refractivity contribution >= 4 is 17.3 Å². The maximum absolute atomic E-state index is 12.4. The van der Waals surface area contributed by atoms with E-state index in [0.29, 0.717) is 12.2 Å². The first-order valence-electron chi connectivity index (χ1n) is 7.89. The van der Waals surface area contributed by atoms with Crippen molar-refractivity contribution in [2.75, 3.05) is 33.0 Å². The molecule has 1 atom stereocenters. The molecule has 1 amide bonds. The molecule has 1 unspecified atom stereocenters. The zero-order chi connectivity index (χ0) is 18.4. The van der Waals surface area contributed by atoms with Gasteiger partial charge in [0.2, 0.25) is 0 Å². The first kappa shape index (κ1) is 18.4. The Bertz CT molecular complexity index is 747. The van der Waals surface area contributed by atoms with Crippen molar-refractivity contribution in [1.82, 2.24) is 10.2 Å². The maximum Gasteiger partial charge on any atom is 0.293 e. The number of nitrogens with zero attached hydrogens (tertiary/aromatic N) is 2. The Kier molecular flexibility index (Phi) is 6.08. The zero-order valence-corrected chi connectivity index (χ0v) is 14.5. The van der Waals surface area contributed by atoms with Crippen LogP contribution in [0.4, 0.5) is 11.4 Å². The number of nitro groups is 1. The Morgan fingerprint density at radius 1 is 1.20 bits per heavy atom. The van der Waals surface area contributed by atoms with Crippen molar-refractivity contribution in [2.24, 2.45) is 0 Å².